The van der Waals surface area contributed by atoms with Crippen molar-refractivity contribution in [3.8, 4) is 11.5 Å². The number of pyridine rings is 1. The van der Waals surface area contributed by atoms with E-state index in [1.807, 2.05) is 64.1 Å². The first kappa shape index (κ1) is 31.5. The normalized spacial score (nSPS) is 12.1. The molecule has 4 rings (SSSR count). The first-order valence-electron chi connectivity index (χ1n) is 14.8. The first-order chi connectivity index (χ1) is 20.6. The zero-order valence-electron chi connectivity index (χ0n) is 25.9. The Morgan fingerprint density at radius 1 is 0.907 bits per heavy atom. The van der Waals surface area contributed by atoms with Crippen LogP contribution in [0.1, 0.15) is 85.0 Å². The molecule has 0 amide bonds. The van der Waals surface area contributed by atoms with Crippen LogP contribution in [-0.4, -0.2) is 35.7 Å². The number of carbonyl (C=O) groups excluding carboxylic acids is 3. The highest BCUT2D eigenvalue weighted by atomic mass is 16.5. The zero-order chi connectivity index (χ0) is 31.1. The Kier molecular flexibility index (Phi) is 10.1. The van der Waals surface area contributed by atoms with E-state index in [1.165, 1.54) is 0 Å². The molecule has 0 aliphatic carbocycles. The first-order valence-corrected chi connectivity index (χ1v) is 14.8. The standard InChI is InChI=1S/C36H41NO6/c1-7-12-26(35(40)42-8-2)21-29-31(34(39)36(3,4)5)30-22-28(43-23-24-13-10-9-11-14-24)19-20-37(30)32(29)33(38)25-15-17-27(41-6)18-16-25/h9-11,13-20,22,26H,7-8,12,21,23H2,1-6H3. The van der Waals surface area contributed by atoms with Gasteiger partial charge in [0.2, 0.25) is 5.78 Å². The number of Topliss-reactive ketones (excluding diaryl/α,β-unsaturated/α-hetero) is 1. The summed E-state index contributed by atoms with van der Waals surface area (Å²) in [5, 5.41) is 0. The lowest BCUT2D eigenvalue weighted by molar-refractivity contribution is -0.148. The van der Waals surface area contributed by atoms with Gasteiger partial charge < -0.3 is 18.6 Å². The molecule has 1 unspecified atom stereocenters. The van der Waals surface area contributed by atoms with Crippen LogP contribution in [0.4, 0.5) is 0 Å². The topological polar surface area (TPSA) is 83.3 Å². The number of benzene rings is 2. The Labute approximate surface area is 253 Å². The van der Waals surface area contributed by atoms with E-state index in [1.54, 1.807) is 55.0 Å². The molecule has 2 heterocycles. The van der Waals surface area contributed by atoms with Gasteiger partial charge >= 0.3 is 5.97 Å². The molecule has 1 atom stereocenters. The SMILES string of the molecule is CCCC(Cc1c(C(=O)C(C)(C)C)c2cc(OCc3ccccc3)ccn2c1C(=O)c1ccc(OC)cc1)C(=O)OCC. The summed E-state index contributed by atoms with van der Waals surface area (Å²) in [6, 6.07) is 20.3. The summed E-state index contributed by atoms with van der Waals surface area (Å²) in [6.45, 7) is 9.96. The second-order valence-electron chi connectivity index (χ2n) is 11.7. The number of carbonyl (C=O) groups is 3. The average molecular weight is 584 g/mol. The largest absolute Gasteiger partial charge is 0.497 e. The Morgan fingerprint density at radius 2 is 1.60 bits per heavy atom. The molecular weight excluding hydrogens is 542 g/mol. The number of ether oxygens (including phenoxy) is 3. The molecule has 0 radical (unpaired) electrons. The number of esters is 1. The molecular formula is C36H41NO6. The molecule has 43 heavy (non-hydrogen) atoms. The highest BCUT2D eigenvalue weighted by molar-refractivity contribution is 6.15. The van der Waals surface area contributed by atoms with Crippen LogP contribution in [0, 0.1) is 11.3 Å². The van der Waals surface area contributed by atoms with Crippen molar-refractivity contribution in [3.63, 3.8) is 0 Å². The Balaban J connectivity index is 1.94. The molecule has 226 valence electrons. The molecule has 7 heteroatoms. The molecule has 2 aromatic carbocycles. The molecule has 0 fully saturated rings. The fourth-order valence-electron chi connectivity index (χ4n) is 5.23. The maximum atomic E-state index is 14.3. The summed E-state index contributed by atoms with van der Waals surface area (Å²) in [5.74, 6) is -0.00686. The van der Waals surface area contributed by atoms with Crippen molar-refractivity contribution in [2.75, 3.05) is 13.7 Å². The predicted molar refractivity (Wildman–Crippen MR) is 167 cm³/mol. The Bertz CT molecular complexity index is 1580. The van der Waals surface area contributed by atoms with Crippen molar-refractivity contribution < 1.29 is 28.6 Å². The van der Waals surface area contributed by atoms with Crippen molar-refractivity contribution >= 4 is 23.1 Å². The molecule has 4 aromatic rings. The number of rotatable bonds is 13. The maximum absolute atomic E-state index is 14.3. The summed E-state index contributed by atoms with van der Waals surface area (Å²) < 4.78 is 18.6. The molecule has 7 nitrogen and oxygen atoms in total. The number of nitrogens with zero attached hydrogens (tertiary/aromatic N) is 1. The molecule has 0 aliphatic heterocycles. The van der Waals surface area contributed by atoms with Crippen LogP contribution in [0.5, 0.6) is 11.5 Å². The molecule has 0 N–H and O–H groups in total. The van der Waals surface area contributed by atoms with E-state index in [0.29, 0.717) is 52.4 Å². The zero-order valence-corrected chi connectivity index (χ0v) is 25.9. The van der Waals surface area contributed by atoms with Gasteiger partial charge in [-0.2, -0.15) is 0 Å². The van der Waals surface area contributed by atoms with Gasteiger partial charge in [-0.05, 0) is 61.2 Å². The second-order valence-corrected chi connectivity index (χ2v) is 11.7. The van der Waals surface area contributed by atoms with Crippen LogP contribution >= 0.6 is 0 Å². The fraction of sp³-hybridized carbons (Fsp3) is 0.361. The molecule has 0 saturated heterocycles. The number of hydrogen-bond acceptors (Lipinski definition) is 6. The van der Waals surface area contributed by atoms with Crippen molar-refractivity contribution in [1.29, 1.82) is 0 Å². The molecule has 0 saturated carbocycles. The summed E-state index contributed by atoms with van der Waals surface area (Å²) >= 11 is 0. The lowest BCUT2D eigenvalue weighted by Gasteiger charge is -2.20. The number of fused-ring (bicyclic) bond motifs is 1. The van der Waals surface area contributed by atoms with E-state index in [9.17, 15) is 14.4 Å². The lowest BCUT2D eigenvalue weighted by Crippen LogP contribution is -2.25. The van der Waals surface area contributed by atoms with E-state index < -0.39 is 11.3 Å². The van der Waals surface area contributed by atoms with Gasteiger partial charge in [0, 0.05) is 28.8 Å². The highest BCUT2D eigenvalue weighted by Gasteiger charge is 2.35. The van der Waals surface area contributed by atoms with Crippen molar-refractivity contribution in [3.05, 3.63) is 101 Å². The van der Waals surface area contributed by atoms with Crippen LogP contribution in [0.25, 0.3) is 5.52 Å². The Hall–Kier alpha value is -4.39. The third kappa shape index (κ3) is 7.16. The summed E-state index contributed by atoms with van der Waals surface area (Å²) in [6.07, 6.45) is 3.28. The monoisotopic (exact) mass is 583 g/mol. The van der Waals surface area contributed by atoms with Gasteiger partial charge in [0.25, 0.3) is 0 Å². The van der Waals surface area contributed by atoms with E-state index in [4.69, 9.17) is 14.2 Å². The maximum Gasteiger partial charge on any atom is 0.309 e. The van der Waals surface area contributed by atoms with Crippen LogP contribution in [0.3, 0.4) is 0 Å². The number of hydrogen-bond donors (Lipinski definition) is 0. The fourth-order valence-corrected chi connectivity index (χ4v) is 5.23. The van der Waals surface area contributed by atoms with Gasteiger partial charge in [0.1, 0.15) is 18.1 Å². The number of methoxy groups -OCH3 is 1. The van der Waals surface area contributed by atoms with Crippen LogP contribution in [0.15, 0.2) is 72.9 Å². The third-order valence-corrected chi connectivity index (χ3v) is 7.44. The molecule has 2 aromatic heterocycles. The minimum Gasteiger partial charge on any atom is -0.497 e. The van der Waals surface area contributed by atoms with E-state index in [0.717, 1.165) is 12.0 Å². The summed E-state index contributed by atoms with van der Waals surface area (Å²) in [5.41, 5.74) is 2.61. The molecule has 0 bridgehead atoms. The minimum atomic E-state index is -0.748. The predicted octanol–water partition coefficient (Wildman–Crippen LogP) is 7.51. The van der Waals surface area contributed by atoms with Gasteiger partial charge in [-0.25, -0.2) is 0 Å². The Morgan fingerprint density at radius 3 is 2.21 bits per heavy atom. The van der Waals surface area contributed by atoms with Gasteiger partial charge in [-0.1, -0.05) is 64.4 Å². The van der Waals surface area contributed by atoms with Gasteiger partial charge in [0.05, 0.1) is 30.8 Å². The quantitative estimate of drug-likeness (QED) is 0.120. The molecule has 0 aliphatic rings. The van der Waals surface area contributed by atoms with E-state index in [2.05, 4.69) is 0 Å². The molecule has 0 spiro atoms. The lowest BCUT2D eigenvalue weighted by atomic mass is 9.82. The number of aromatic nitrogens is 1. The third-order valence-electron chi connectivity index (χ3n) is 7.44. The number of ketones is 2. The van der Waals surface area contributed by atoms with Gasteiger partial charge in [-0.3, -0.25) is 14.4 Å². The minimum absolute atomic E-state index is 0.118. The van der Waals surface area contributed by atoms with Crippen molar-refractivity contribution in [2.24, 2.45) is 11.3 Å². The average Bonchev–Trinajstić information content (AvgIpc) is 3.31. The van der Waals surface area contributed by atoms with Gasteiger partial charge in [0.15, 0.2) is 5.78 Å². The van der Waals surface area contributed by atoms with Crippen LogP contribution in [0.2, 0.25) is 0 Å². The van der Waals surface area contributed by atoms with Crippen LogP contribution < -0.4 is 9.47 Å². The summed E-state index contributed by atoms with van der Waals surface area (Å²) in [4.78, 5) is 41.6. The second kappa shape index (κ2) is 13.7. The van der Waals surface area contributed by atoms with Crippen molar-refractivity contribution in [2.45, 2.75) is 60.5 Å². The van der Waals surface area contributed by atoms with E-state index in [-0.39, 0.29) is 30.6 Å². The smallest absolute Gasteiger partial charge is 0.309 e. The van der Waals surface area contributed by atoms with Crippen molar-refractivity contribution in [1.82, 2.24) is 4.40 Å². The van der Waals surface area contributed by atoms with Gasteiger partial charge in [-0.15, -0.1) is 0 Å². The van der Waals surface area contributed by atoms with Crippen LogP contribution in [-0.2, 0) is 22.6 Å². The highest BCUT2D eigenvalue weighted by Crippen LogP contribution is 2.36. The van der Waals surface area contributed by atoms with E-state index >= 15 is 0 Å². The summed E-state index contributed by atoms with van der Waals surface area (Å²) in [7, 11) is 1.57.